The molecule has 0 saturated heterocycles. The maximum atomic E-state index is 12.1. The highest BCUT2D eigenvalue weighted by Gasteiger charge is 2.30. The molecule has 96 valence electrons. The van der Waals surface area contributed by atoms with Crippen molar-refractivity contribution >= 4 is 37.6 Å². The lowest BCUT2D eigenvalue weighted by Gasteiger charge is -2.28. The molecule has 0 aliphatic rings. The van der Waals surface area contributed by atoms with Crippen LogP contribution in [-0.4, -0.2) is 19.3 Å². The van der Waals surface area contributed by atoms with Crippen molar-refractivity contribution in [2.75, 3.05) is 0 Å². The van der Waals surface area contributed by atoms with Crippen LogP contribution in [0.2, 0.25) is 0 Å². The lowest BCUT2D eigenvalue weighted by atomic mass is 10.0. The van der Waals surface area contributed by atoms with E-state index in [9.17, 15) is 8.42 Å². The van der Waals surface area contributed by atoms with E-state index < -0.39 is 15.6 Å². The highest BCUT2D eigenvalue weighted by atomic mass is 79.9. The van der Waals surface area contributed by atoms with Crippen LogP contribution in [0.5, 0.6) is 0 Å². The van der Waals surface area contributed by atoms with Crippen molar-refractivity contribution in [3.8, 4) is 0 Å². The van der Waals surface area contributed by atoms with Crippen molar-refractivity contribution in [1.29, 1.82) is 0 Å². The molecule has 0 aliphatic heterocycles. The van der Waals surface area contributed by atoms with E-state index in [2.05, 4.69) is 20.7 Å². The first-order valence-electron chi connectivity index (χ1n) is 5.09. The molecular formula is C11H15BrClNO2S. The Labute approximate surface area is 116 Å². The van der Waals surface area contributed by atoms with Crippen LogP contribution in [0.3, 0.4) is 0 Å². The minimum absolute atomic E-state index is 0.228. The van der Waals surface area contributed by atoms with Gasteiger partial charge in [-0.3, -0.25) is 0 Å². The van der Waals surface area contributed by atoms with Gasteiger partial charge in [0.2, 0.25) is 10.0 Å². The van der Waals surface area contributed by atoms with Gasteiger partial charge in [0.25, 0.3) is 0 Å². The molecule has 0 heterocycles. The standard InChI is InChI=1S/C11H15BrClNO2S/c1-8(13)11(2,3)14-17(15,16)10-6-4-9(12)5-7-10/h4-8,14H,1-3H3. The molecular weight excluding hydrogens is 326 g/mol. The Morgan fingerprint density at radius 2 is 1.76 bits per heavy atom. The first kappa shape index (κ1) is 15.0. The fraction of sp³-hybridized carbons (Fsp3) is 0.455. The van der Waals surface area contributed by atoms with Gasteiger partial charge in [-0.05, 0) is 45.0 Å². The lowest BCUT2D eigenvalue weighted by Crippen LogP contribution is -2.48. The van der Waals surface area contributed by atoms with Gasteiger partial charge in [0.1, 0.15) is 0 Å². The number of nitrogens with one attached hydrogen (secondary N) is 1. The van der Waals surface area contributed by atoms with Gasteiger partial charge in [-0.25, -0.2) is 13.1 Å². The summed E-state index contributed by atoms with van der Waals surface area (Å²) in [5.74, 6) is 0. The van der Waals surface area contributed by atoms with Crippen LogP contribution < -0.4 is 4.72 Å². The number of rotatable bonds is 4. The molecule has 0 fully saturated rings. The van der Waals surface area contributed by atoms with E-state index in [0.717, 1.165) is 4.47 Å². The Morgan fingerprint density at radius 3 is 2.18 bits per heavy atom. The number of benzene rings is 1. The molecule has 0 saturated carbocycles. The summed E-state index contributed by atoms with van der Waals surface area (Å²) < 4.78 is 27.6. The third-order valence-corrected chi connectivity index (χ3v) is 5.28. The highest BCUT2D eigenvalue weighted by Crippen LogP contribution is 2.20. The van der Waals surface area contributed by atoms with Gasteiger partial charge in [-0.1, -0.05) is 15.9 Å². The maximum Gasteiger partial charge on any atom is 0.241 e. The maximum absolute atomic E-state index is 12.1. The predicted molar refractivity (Wildman–Crippen MR) is 73.9 cm³/mol. The van der Waals surface area contributed by atoms with Crippen LogP contribution in [0.1, 0.15) is 20.8 Å². The van der Waals surface area contributed by atoms with E-state index in [1.807, 2.05) is 0 Å². The van der Waals surface area contributed by atoms with Crippen molar-refractivity contribution in [1.82, 2.24) is 4.72 Å². The summed E-state index contributed by atoms with van der Waals surface area (Å²) in [7, 11) is -3.54. The van der Waals surface area contributed by atoms with Crippen LogP contribution >= 0.6 is 27.5 Å². The Kier molecular flexibility index (Phi) is 4.63. The molecule has 0 radical (unpaired) electrons. The topological polar surface area (TPSA) is 46.2 Å². The molecule has 1 unspecified atom stereocenters. The molecule has 0 spiro atoms. The van der Waals surface area contributed by atoms with Crippen molar-refractivity contribution in [2.45, 2.75) is 36.6 Å². The Balaban J connectivity index is 3.01. The van der Waals surface area contributed by atoms with Gasteiger partial charge in [-0.15, -0.1) is 11.6 Å². The summed E-state index contributed by atoms with van der Waals surface area (Å²) in [5, 5.41) is -0.312. The van der Waals surface area contributed by atoms with Crippen molar-refractivity contribution in [2.24, 2.45) is 0 Å². The third kappa shape index (κ3) is 3.95. The van der Waals surface area contributed by atoms with E-state index in [0.29, 0.717) is 0 Å². The number of hydrogen-bond acceptors (Lipinski definition) is 2. The molecule has 0 aliphatic carbocycles. The van der Waals surface area contributed by atoms with Gasteiger partial charge in [0.05, 0.1) is 4.90 Å². The molecule has 0 bridgehead atoms. The highest BCUT2D eigenvalue weighted by molar-refractivity contribution is 9.10. The van der Waals surface area contributed by atoms with Crippen LogP contribution in [0, 0.1) is 0 Å². The summed E-state index contributed by atoms with van der Waals surface area (Å²) in [5.41, 5.74) is -0.701. The summed E-state index contributed by atoms with van der Waals surface area (Å²) >= 11 is 9.21. The second kappa shape index (κ2) is 5.26. The molecule has 6 heteroatoms. The van der Waals surface area contributed by atoms with Crippen LogP contribution in [0.25, 0.3) is 0 Å². The second-order valence-electron chi connectivity index (χ2n) is 4.40. The molecule has 0 amide bonds. The molecule has 1 N–H and O–H groups in total. The fourth-order valence-corrected chi connectivity index (χ4v) is 2.97. The van der Waals surface area contributed by atoms with E-state index in [1.165, 1.54) is 0 Å². The minimum atomic E-state index is -3.54. The second-order valence-corrected chi connectivity index (χ2v) is 7.65. The van der Waals surface area contributed by atoms with Crippen LogP contribution in [0.4, 0.5) is 0 Å². The van der Waals surface area contributed by atoms with Crippen molar-refractivity contribution in [3.05, 3.63) is 28.7 Å². The summed E-state index contributed by atoms with van der Waals surface area (Å²) in [6, 6.07) is 6.46. The molecule has 1 rings (SSSR count). The Morgan fingerprint density at radius 1 is 1.29 bits per heavy atom. The zero-order valence-corrected chi connectivity index (χ0v) is 13.0. The average molecular weight is 341 g/mol. The molecule has 1 atom stereocenters. The number of alkyl halides is 1. The van der Waals surface area contributed by atoms with Gasteiger partial charge < -0.3 is 0 Å². The van der Waals surface area contributed by atoms with E-state index in [1.54, 1.807) is 45.0 Å². The zero-order chi connectivity index (χ0) is 13.3. The molecule has 17 heavy (non-hydrogen) atoms. The minimum Gasteiger partial charge on any atom is -0.207 e. The van der Waals surface area contributed by atoms with Crippen molar-refractivity contribution < 1.29 is 8.42 Å². The Hall–Kier alpha value is -0.100. The van der Waals surface area contributed by atoms with Gasteiger partial charge >= 0.3 is 0 Å². The van der Waals surface area contributed by atoms with E-state index in [4.69, 9.17) is 11.6 Å². The summed E-state index contributed by atoms with van der Waals surface area (Å²) in [6.07, 6.45) is 0. The summed E-state index contributed by atoms with van der Waals surface area (Å²) in [4.78, 5) is 0.228. The third-order valence-electron chi connectivity index (χ3n) is 2.52. The number of hydrogen-bond donors (Lipinski definition) is 1. The first-order chi connectivity index (χ1) is 7.65. The number of sulfonamides is 1. The lowest BCUT2D eigenvalue weighted by molar-refractivity contribution is 0.445. The molecule has 1 aromatic rings. The van der Waals surface area contributed by atoms with Crippen LogP contribution in [0.15, 0.2) is 33.6 Å². The van der Waals surface area contributed by atoms with Gasteiger partial charge in [0.15, 0.2) is 0 Å². The van der Waals surface area contributed by atoms with Gasteiger partial charge in [0, 0.05) is 15.4 Å². The van der Waals surface area contributed by atoms with Crippen LogP contribution in [-0.2, 0) is 10.0 Å². The molecule has 1 aromatic carbocycles. The average Bonchev–Trinajstić information content (AvgIpc) is 2.16. The van der Waals surface area contributed by atoms with Crippen molar-refractivity contribution in [3.63, 3.8) is 0 Å². The quantitative estimate of drug-likeness (QED) is 0.856. The molecule has 0 aromatic heterocycles. The molecule has 3 nitrogen and oxygen atoms in total. The zero-order valence-electron chi connectivity index (χ0n) is 9.87. The van der Waals surface area contributed by atoms with E-state index in [-0.39, 0.29) is 10.3 Å². The normalized spacial score (nSPS) is 14.6. The van der Waals surface area contributed by atoms with Gasteiger partial charge in [-0.2, -0.15) is 0 Å². The monoisotopic (exact) mass is 339 g/mol. The SMILES string of the molecule is CC(Cl)C(C)(C)NS(=O)(=O)c1ccc(Br)cc1. The smallest absolute Gasteiger partial charge is 0.207 e. The van der Waals surface area contributed by atoms with E-state index >= 15 is 0 Å². The predicted octanol–water partition coefficient (Wildman–Crippen LogP) is 3.13. The largest absolute Gasteiger partial charge is 0.241 e. The summed E-state index contributed by atoms with van der Waals surface area (Å²) in [6.45, 7) is 5.26. The number of halogens is 2. The fourth-order valence-electron chi connectivity index (χ4n) is 1.10. The first-order valence-corrected chi connectivity index (χ1v) is 7.80. The Bertz CT molecular complexity index is 483.